The van der Waals surface area contributed by atoms with Crippen LogP contribution in [0.25, 0.3) is 5.69 Å². The van der Waals surface area contributed by atoms with Gasteiger partial charge in [0.1, 0.15) is 0 Å². The number of benzene rings is 1. The molecule has 0 spiro atoms. The standard InChI is InChI=1S/C13H12ClN5S2/c1-2-12-15-10(7-20-12)8-21-13-16-17-18-19(13)11-5-3-4-9(14)6-11/h3-7H,2,8H2,1H3. The van der Waals surface area contributed by atoms with Gasteiger partial charge in [0.15, 0.2) is 0 Å². The van der Waals surface area contributed by atoms with Crippen molar-refractivity contribution < 1.29 is 0 Å². The first-order chi connectivity index (χ1) is 10.3. The van der Waals surface area contributed by atoms with Crippen LogP contribution in [0.1, 0.15) is 17.6 Å². The van der Waals surface area contributed by atoms with E-state index in [0.717, 1.165) is 33.7 Å². The maximum atomic E-state index is 6.01. The molecule has 1 aromatic carbocycles. The van der Waals surface area contributed by atoms with E-state index in [1.807, 2.05) is 24.3 Å². The highest BCUT2D eigenvalue weighted by Gasteiger charge is 2.10. The van der Waals surface area contributed by atoms with Crippen molar-refractivity contribution in [2.45, 2.75) is 24.3 Å². The molecule has 3 aromatic rings. The molecule has 0 aliphatic rings. The summed E-state index contributed by atoms with van der Waals surface area (Å²) in [5.74, 6) is 0.747. The molecule has 0 N–H and O–H groups in total. The molecule has 0 atom stereocenters. The monoisotopic (exact) mass is 337 g/mol. The van der Waals surface area contributed by atoms with E-state index in [0.29, 0.717) is 5.02 Å². The summed E-state index contributed by atoms with van der Waals surface area (Å²) in [4.78, 5) is 4.54. The molecule has 8 heteroatoms. The number of hydrogen-bond acceptors (Lipinski definition) is 6. The summed E-state index contributed by atoms with van der Waals surface area (Å²) in [5.41, 5.74) is 1.91. The Morgan fingerprint density at radius 1 is 1.38 bits per heavy atom. The van der Waals surface area contributed by atoms with E-state index in [9.17, 15) is 0 Å². The molecule has 2 heterocycles. The van der Waals surface area contributed by atoms with E-state index >= 15 is 0 Å². The van der Waals surface area contributed by atoms with Gasteiger partial charge in [0.25, 0.3) is 0 Å². The highest BCUT2D eigenvalue weighted by Crippen LogP contribution is 2.24. The molecular formula is C13H12ClN5S2. The Bertz CT molecular complexity index is 740. The molecule has 2 aromatic heterocycles. The Hall–Kier alpha value is -1.44. The fourth-order valence-corrected chi connectivity index (χ4v) is 3.57. The van der Waals surface area contributed by atoms with Crippen molar-refractivity contribution in [1.82, 2.24) is 25.2 Å². The van der Waals surface area contributed by atoms with Crippen molar-refractivity contribution in [1.29, 1.82) is 0 Å². The summed E-state index contributed by atoms with van der Waals surface area (Å²) in [6, 6.07) is 7.45. The van der Waals surface area contributed by atoms with Crippen LogP contribution in [0.15, 0.2) is 34.8 Å². The molecule has 0 amide bonds. The summed E-state index contributed by atoms with van der Waals surface area (Å²) >= 11 is 9.26. The van der Waals surface area contributed by atoms with Crippen molar-refractivity contribution in [2.75, 3.05) is 0 Å². The van der Waals surface area contributed by atoms with Gasteiger partial charge in [0, 0.05) is 16.2 Å². The number of rotatable bonds is 5. The number of thioether (sulfide) groups is 1. The zero-order valence-electron chi connectivity index (χ0n) is 11.2. The lowest BCUT2D eigenvalue weighted by atomic mass is 10.3. The van der Waals surface area contributed by atoms with Crippen molar-refractivity contribution in [3.63, 3.8) is 0 Å². The lowest BCUT2D eigenvalue weighted by Crippen LogP contribution is -1.99. The van der Waals surface area contributed by atoms with E-state index in [1.165, 1.54) is 0 Å². The summed E-state index contributed by atoms with van der Waals surface area (Å²) < 4.78 is 1.68. The minimum atomic E-state index is 0.658. The van der Waals surface area contributed by atoms with Crippen LogP contribution in [0.3, 0.4) is 0 Å². The van der Waals surface area contributed by atoms with Crippen LogP contribution in [0, 0.1) is 0 Å². The van der Waals surface area contributed by atoms with Crippen molar-refractivity contribution >= 4 is 34.7 Å². The number of hydrogen-bond donors (Lipinski definition) is 0. The Morgan fingerprint density at radius 3 is 3.05 bits per heavy atom. The third-order valence-corrected chi connectivity index (χ3v) is 4.97. The molecule has 21 heavy (non-hydrogen) atoms. The molecule has 108 valence electrons. The molecular weight excluding hydrogens is 326 g/mol. The van der Waals surface area contributed by atoms with E-state index in [2.05, 4.69) is 32.8 Å². The van der Waals surface area contributed by atoms with Gasteiger partial charge in [-0.25, -0.2) is 4.98 Å². The second-order valence-corrected chi connectivity index (χ2v) is 6.55. The largest absolute Gasteiger partial charge is 0.245 e. The van der Waals surface area contributed by atoms with Crippen LogP contribution < -0.4 is 0 Å². The van der Waals surface area contributed by atoms with Crippen molar-refractivity contribution in [2.24, 2.45) is 0 Å². The first kappa shape index (κ1) is 14.5. The number of aromatic nitrogens is 5. The van der Waals surface area contributed by atoms with Gasteiger partial charge in [-0.05, 0) is 35.0 Å². The van der Waals surface area contributed by atoms with Crippen LogP contribution in [-0.4, -0.2) is 25.2 Å². The fourth-order valence-electron chi connectivity index (χ4n) is 1.75. The van der Waals surface area contributed by atoms with E-state index in [1.54, 1.807) is 27.8 Å². The molecule has 0 aliphatic carbocycles. The number of thiazole rings is 1. The van der Waals surface area contributed by atoms with Crippen LogP contribution in [0.4, 0.5) is 0 Å². The van der Waals surface area contributed by atoms with E-state index in [-0.39, 0.29) is 0 Å². The smallest absolute Gasteiger partial charge is 0.214 e. The zero-order valence-corrected chi connectivity index (χ0v) is 13.6. The van der Waals surface area contributed by atoms with Crippen LogP contribution >= 0.6 is 34.7 Å². The molecule has 0 radical (unpaired) electrons. The molecule has 0 unspecified atom stereocenters. The molecule has 0 aliphatic heterocycles. The average molecular weight is 338 g/mol. The summed E-state index contributed by atoms with van der Waals surface area (Å²) in [6.45, 7) is 2.11. The van der Waals surface area contributed by atoms with Gasteiger partial charge in [-0.15, -0.1) is 16.4 Å². The quantitative estimate of drug-likeness (QED) is 0.665. The van der Waals surface area contributed by atoms with Crippen LogP contribution in [-0.2, 0) is 12.2 Å². The van der Waals surface area contributed by atoms with E-state index in [4.69, 9.17) is 11.6 Å². The third-order valence-electron chi connectivity index (χ3n) is 2.74. The van der Waals surface area contributed by atoms with Crippen molar-refractivity contribution in [3.8, 4) is 5.69 Å². The lowest BCUT2D eigenvalue weighted by Gasteiger charge is -2.03. The van der Waals surface area contributed by atoms with Gasteiger partial charge in [0.05, 0.1) is 16.4 Å². The minimum Gasteiger partial charge on any atom is -0.245 e. The highest BCUT2D eigenvalue weighted by molar-refractivity contribution is 7.98. The van der Waals surface area contributed by atoms with Gasteiger partial charge in [-0.1, -0.05) is 36.4 Å². The Balaban J connectivity index is 1.76. The Morgan fingerprint density at radius 2 is 2.29 bits per heavy atom. The molecule has 0 saturated carbocycles. The first-order valence-electron chi connectivity index (χ1n) is 6.36. The summed E-state index contributed by atoms with van der Waals surface area (Å²) in [5, 5.41) is 16.4. The van der Waals surface area contributed by atoms with Gasteiger partial charge < -0.3 is 0 Å². The number of nitrogens with zero attached hydrogens (tertiary/aromatic N) is 5. The normalized spacial score (nSPS) is 11.0. The predicted molar refractivity (Wildman–Crippen MR) is 85.2 cm³/mol. The summed E-state index contributed by atoms with van der Waals surface area (Å²) in [6.07, 6.45) is 0.968. The molecule has 3 rings (SSSR count). The zero-order chi connectivity index (χ0) is 14.7. The van der Waals surface area contributed by atoms with Crippen LogP contribution in [0.5, 0.6) is 0 Å². The SMILES string of the molecule is CCc1nc(CSc2nnnn2-c2cccc(Cl)c2)cs1. The maximum Gasteiger partial charge on any atom is 0.214 e. The van der Waals surface area contributed by atoms with Gasteiger partial charge in [-0.3, -0.25) is 0 Å². The van der Waals surface area contributed by atoms with Crippen molar-refractivity contribution in [3.05, 3.63) is 45.4 Å². The second-order valence-electron chi connectivity index (χ2n) is 4.23. The van der Waals surface area contributed by atoms with E-state index < -0.39 is 0 Å². The van der Waals surface area contributed by atoms with Gasteiger partial charge >= 0.3 is 0 Å². The van der Waals surface area contributed by atoms with Gasteiger partial charge in [-0.2, -0.15) is 4.68 Å². The Kier molecular flexibility index (Phi) is 4.52. The maximum absolute atomic E-state index is 6.01. The number of aryl methyl sites for hydroxylation is 1. The molecule has 5 nitrogen and oxygen atoms in total. The Labute approximate surface area is 135 Å². The second kappa shape index (κ2) is 6.55. The minimum absolute atomic E-state index is 0.658. The van der Waals surface area contributed by atoms with Gasteiger partial charge in [0.2, 0.25) is 5.16 Å². The molecule has 0 saturated heterocycles. The third kappa shape index (κ3) is 3.42. The average Bonchev–Trinajstić information content (AvgIpc) is 3.14. The lowest BCUT2D eigenvalue weighted by molar-refractivity contribution is 0.756. The predicted octanol–water partition coefficient (Wildman–Crippen LogP) is 3.63. The molecule has 0 fully saturated rings. The summed E-state index contributed by atoms with van der Waals surface area (Å²) in [7, 11) is 0. The first-order valence-corrected chi connectivity index (χ1v) is 8.61. The molecule has 0 bridgehead atoms. The fraction of sp³-hybridized carbons (Fsp3) is 0.231. The van der Waals surface area contributed by atoms with Crippen LogP contribution in [0.2, 0.25) is 5.02 Å². The highest BCUT2D eigenvalue weighted by atomic mass is 35.5. The topological polar surface area (TPSA) is 56.5 Å². The number of tetrazole rings is 1. The number of halogens is 1.